The maximum Gasteiger partial charge on any atom is 0.234 e. The maximum atomic E-state index is 12.5. The minimum Gasteiger partial charge on any atom is -0.504 e. The van der Waals surface area contributed by atoms with Crippen LogP contribution in [0.2, 0.25) is 0 Å². The molecule has 3 N–H and O–H groups in total. The number of aromatic nitrogens is 1. The van der Waals surface area contributed by atoms with Gasteiger partial charge in [-0.15, -0.1) is 12.4 Å². The zero-order valence-corrected chi connectivity index (χ0v) is 12.2. The first-order valence-electron chi connectivity index (χ1n) is 6.33. The molecule has 2 rings (SSSR count). The van der Waals surface area contributed by atoms with Gasteiger partial charge < -0.3 is 20.5 Å². The number of nitrogens with zero attached hydrogens (tertiary/aromatic N) is 1. The quantitative estimate of drug-likeness (QED) is 0.777. The van der Waals surface area contributed by atoms with Crippen LogP contribution in [-0.2, 0) is 9.53 Å². The van der Waals surface area contributed by atoms with Crippen molar-refractivity contribution in [2.75, 3.05) is 32.1 Å². The molecule has 6 nitrogen and oxygen atoms in total. The van der Waals surface area contributed by atoms with Crippen molar-refractivity contribution in [2.24, 2.45) is 5.41 Å². The molecule has 0 radical (unpaired) electrons. The van der Waals surface area contributed by atoms with Crippen LogP contribution in [0.3, 0.4) is 0 Å². The summed E-state index contributed by atoms with van der Waals surface area (Å²) in [5, 5.41) is 15.6. The normalized spacial score (nSPS) is 17.1. The highest BCUT2D eigenvalue weighted by molar-refractivity contribution is 5.95. The second kappa shape index (κ2) is 7.42. The van der Waals surface area contributed by atoms with Gasteiger partial charge in [-0.3, -0.25) is 4.79 Å². The lowest BCUT2D eigenvalue weighted by Gasteiger charge is -2.35. The number of hydrogen-bond donors (Lipinski definition) is 3. The number of piperidine rings is 1. The molecule has 0 bridgehead atoms. The summed E-state index contributed by atoms with van der Waals surface area (Å²) < 4.78 is 5.20. The standard InChI is InChI=1S/C13H19N3O3.ClH/c1-19-9-13(4-7-14-8-5-13)12(18)16-11-10(17)3-2-6-15-11;/h2-3,6,14,17H,4-5,7-9H2,1H3,(H,15,16,18);1H. The van der Waals surface area contributed by atoms with E-state index in [1.165, 1.54) is 12.3 Å². The Morgan fingerprint density at radius 1 is 1.55 bits per heavy atom. The molecule has 20 heavy (non-hydrogen) atoms. The van der Waals surface area contributed by atoms with Gasteiger partial charge in [0.1, 0.15) is 0 Å². The van der Waals surface area contributed by atoms with Gasteiger partial charge in [-0.25, -0.2) is 4.98 Å². The van der Waals surface area contributed by atoms with Crippen molar-refractivity contribution in [1.82, 2.24) is 10.3 Å². The molecule has 0 atom stereocenters. The average molecular weight is 302 g/mol. The SMILES string of the molecule is COCC1(C(=O)Nc2ncccc2O)CCNCC1.Cl. The lowest BCUT2D eigenvalue weighted by atomic mass is 9.78. The van der Waals surface area contributed by atoms with E-state index in [0.29, 0.717) is 19.4 Å². The third kappa shape index (κ3) is 3.59. The van der Waals surface area contributed by atoms with Gasteiger partial charge in [0, 0.05) is 13.3 Å². The number of methoxy groups -OCH3 is 1. The Morgan fingerprint density at radius 3 is 2.85 bits per heavy atom. The Labute approximate surface area is 124 Å². The maximum absolute atomic E-state index is 12.5. The molecule has 0 spiro atoms. The Morgan fingerprint density at radius 2 is 2.25 bits per heavy atom. The number of aromatic hydroxyl groups is 1. The minimum absolute atomic E-state index is 0. The van der Waals surface area contributed by atoms with Crippen LogP contribution in [-0.4, -0.2) is 42.8 Å². The molecule has 1 fully saturated rings. The molecule has 0 aromatic carbocycles. The first-order valence-corrected chi connectivity index (χ1v) is 6.33. The fourth-order valence-corrected chi connectivity index (χ4v) is 2.35. The molecule has 1 aliphatic heterocycles. The summed E-state index contributed by atoms with van der Waals surface area (Å²) in [6.07, 6.45) is 2.95. The highest BCUT2D eigenvalue weighted by Gasteiger charge is 2.40. The number of carbonyl (C=O) groups excluding carboxylic acids is 1. The Kier molecular flexibility index (Phi) is 6.19. The Hall–Kier alpha value is -1.37. The Bertz CT molecular complexity index is 445. The van der Waals surface area contributed by atoms with Gasteiger partial charge in [0.05, 0.1) is 12.0 Å². The van der Waals surface area contributed by atoms with E-state index >= 15 is 0 Å². The smallest absolute Gasteiger partial charge is 0.234 e. The van der Waals surface area contributed by atoms with Crippen molar-refractivity contribution in [3.05, 3.63) is 18.3 Å². The summed E-state index contributed by atoms with van der Waals surface area (Å²) in [6.45, 7) is 1.93. The largest absolute Gasteiger partial charge is 0.504 e. The highest BCUT2D eigenvalue weighted by Crippen LogP contribution is 2.31. The molecular formula is C13H20ClN3O3. The summed E-state index contributed by atoms with van der Waals surface area (Å²) in [7, 11) is 1.59. The van der Waals surface area contributed by atoms with Crippen molar-refractivity contribution < 1.29 is 14.6 Å². The van der Waals surface area contributed by atoms with Gasteiger partial charge in [-0.1, -0.05) is 0 Å². The van der Waals surface area contributed by atoms with E-state index in [-0.39, 0.29) is 29.9 Å². The van der Waals surface area contributed by atoms with Crippen LogP contribution < -0.4 is 10.6 Å². The number of halogens is 1. The third-order valence-electron chi connectivity index (χ3n) is 3.48. The second-order valence-electron chi connectivity index (χ2n) is 4.79. The number of nitrogens with one attached hydrogen (secondary N) is 2. The van der Waals surface area contributed by atoms with Crippen molar-refractivity contribution >= 4 is 24.1 Å². The zero-order chi connectivity index (χ0) is 13.7. The fourth-order valence-electron chi connectivity index (χ4n) is 2.35. The molecule has 7 heteroatoms. The van der Waals surface area contributed by atoms with Crippen molar-refractivity contribution in [3.63, 3.8) is 0 Å². The topological polar surface area (TPSA) is 83.5 Å². The summed E-state index contributed by atoms with van der Waals surface area (Å²) in [6, 6.07) is 3.11. The summed E-state index contributed by atoms with van der Waals surface area (Å²) in [4.78, 5) is 16.4. The minimum atomic E-state index is -0.552. The molecule has 1 aliphatic rings. The van der Waals surface area contributed by atoms with Crippen LogP contribution in [0.15, 0.2) is 18.3 Å². The summed E-state index contributed by atoms with van der Waals surface area (Å²) in [5.41, 5.74) is -0.552. The van der Waals surface area contributed by atoms with Crippen molar-refractivity contribution in [3.8, 4) is 5.75 Å². The molecule has 2 heterocycles. The molecular weight excluding hydrogens is 282 g/mol. The third-order valence-corrected chi connectivity index (χ3v) is 3.48. The van der Waals surface area contributed by atoms with Gasteiger partial charge in [0.2, 0.25) is 5.91 Å². The molecule has 112 valence electrons. The monoisotopic (exact) mass is 301 g/mol. The summed E-state index contributed by atoms with van der Waals surface area (Å²) in [5.74, 6) is 0.0173. The number of amides is 1. The molecule has 0 aliphatic carbocycles. The van der Waals surface area contributed by atoms with Crippen LogP contribution >= 0.6 is 12.4 Å². The van der Waals surface area contributed by atoms with Gasteiger partial charge in [-0.2, -0.15) is 0 Å². The van der Waals surface area contributed by atoms with E-state index in [1.807, 2.05) is 0 Å². The van der Waals surface area contributed by atoms with Gasteiger partial charge in [0.25, 0.3) is 0 Å². The lowest BCUT2D eigenvalue weighted by Crippen LogP contribution is -2.47. The zero-order valence-electron chi connectivity index (χ0n) is 11.4. The summed E-state index contributed by atoms with van der Waals surface area (Å²) >= 11 is 0. The van der Waals surface area contributed by atoms with Crippen molar-refractivity contribution in [2.45, 2.75) is 12.8 Å². The van der Waals surface area contributed by atoms with Crippen LogP contribution in [0, 0.1) is 5.41 Å². The number of carbonyl (C=O) groups is 1. The predicted molar refractivity (Wildman–Crippen MR) is 78.2 cm³/mol. The van der Waals surface area contributed by atoms with E-state index in [4.69, 9.17) is 4.74 Å². The molecule has 1 amide bonds. The first kappa shape index (κ1) is 16.7. The Balaban J connectivity index is 0.00000200. The van der Waals surface area contributed by atoms with Crippen LogP contribution in [0.25, 0.3) is 0 Å². The highest BCUT2D eigenvalue weighted by atomic mass is 35.5. The molecule has 1 aromatic heterocycles. The van der Waals surface area contributed by atoms with E-state index in [0.717, 1.165) is 13.1 Å². The van der Waals surface area contributed by atoms with Gasteiger partial charge >= 0.3 is 0 Å². The van der Waals surface area contributed by atoms with E-state index < -0.39 is 5.41 Å². The number of rotatable bonds is 4. The lowest BCUT2D eigenvalue weighted by molar-refractivity contribution is -0.130. The molecule has 1 aromatic rings. The van der Waals surface area contributed by atoms with E-state index in [9.17, 15) is 9.90 Å². The van der Waals surface area contributed by atoms with Gasteiger partial charge in [-0.05, 0) is 38.1 Å². The number of hydrogen-bond acceptors (Lipinski definition) is 5. The average Bonchev–Trinajstić information content (AvgIpc) is 2.42. The second-order valence-corrected chi connectivity index (χ2v) is 4.79. The van der Waals surface area contributed by atoms with Crippen LogP contribution in [0.5, 0.6) is 5.75 Å². The van der Waals surface area contributed by atoms with Crippen LogP contribution in [0.1, 0.15) is 12.8 Å². The number of ether oxygens (including phenoxy) is 1. The number of anilines is 1. The number of pyridine rings is 1. The van der Waals surface area contributed by atoms with E-state index in [1.54, 1.807) is 13.2 Å². The molecule has 0 unspecified atom stereocenters. The molecule has 1 saturated heterocycles. The first-order chi connectivity index (χ1) is 9.18. The predicted octanol–water partition coefficient (Wildman–Crippen LogP) is 1.16. The molecule has 0 saturated carbocycles. The van der Waals surface area contributed by atoms with E-state index in [2.05, 4.69) is 15.6 Å². The fraction of sp³-hybridized carbons (Fsp3) is 0.538. The van der Waals surface area contributed by atoms with Crippen LogP contribution in [0.4, 0.5) is 5.82 Å². The van der Waals surface area contributed by atoms with Gasteiger partial charge in [0.15, 0.2) is 11.6 Å². The van der Waals surface area contributed by atoms with Crippen molar-refractivity contribution in [1.29, 1.82) is 0 Å².